The van der Waals surface area contributed by atoms with Crippen LogP contribution in [0.5, 0.6) is 0 Å². The quantitative estimate of drug-likeness (QED) is 0.402. The number of unbranched alkanes of at least 4 members (excludes halogenated alkanes) is 9. The van der Waals surface area contributed by atoms with Crippen molar-refractivity contribution in [2.24, 2.45) is 0 Å². The molecule has 3 N–H and O–H groups in total. The highest BCUT2D eigenvalue weighted by atomic mass is 32.2. The Morgan fingerprint density at radius 2 is 1.11 bits per heavy atom. The number of nitrogens with zero attached hydrogens (tertiary/aromatic N) is 1. The first kappa shape index (κ1) is 25.9. The molecule has 0 bridgehead atoms. The number of rotatable bonds is 13. The van der Waals surface area contributed by atoms with Crippen LogP contribution in [-0.2, 0) is 4.79 Å². The van der Waals surface area contributed by atoms with E-state index in [4.69, 9.17) is 0 Å². The van der Waals surface area contributed by atoms with Crippen molar-refractivity contribution in [1.82, 2.24) is 20.9 Å². The van der Waals surface area contributed by atoms with Gasteiger partial charge in [-0.2, -0.15) is 0 Å². The van der Waals surface area contributed by atoms with Gasteiger partial charge in [0.25, 0.3) is 0 Å². The molecule has 0 aliphatic carbocycles. The first-order valence-electron chi connectivity index (χ1n) is 11.8. The van der Waals surface area contributed by atoms with Crippen LogP contribution in [0.3, 0.4) is 0 Å². The van der Waals surface area contributed by atoms with Gasteiger partial charge in [0, 0.05) is 65.0 Å². The average molecular weight is 415 g/mol. The molecular weight excluding hydrogens is 368 g/mol. The molecule has 6 heteroatoms. The van der Waals surface area contributed by atoms with E-state index < -0.39 is 0 Å². The maximum absolute atomic E-state index is 10.8. The van der Waals surface area contributed by atoms with Crippen LogP contribution in [-0.4, -0.2) is 74.7 Å². The first-order valence-corrected chi connectivity index (χ1v) is 12.8. The number of carbonyl (C=O) groups is 1. The summed E-state index contributed by atoms with van der Waals surface area (Å²) in [7, 11) is 0. The van der Waals surface area contributed by atoms with Gasteiger partial charge in [-0.1, -0.05) is 63.1 Å². The second kappa shape index (κ2) is 20.1. The fourth-order valence-electron chi connectivity index (χ4n) is 3.61. The van der Waals surface area contributed by atoms with Crippen LogP contribution in [0.25, 0.3) is 0 Å². The molecule has 0 spiro atoms. The van der Waals surface area contributed by atoms with E-state index in [-0.39, 0.29) is 5.12 Å². The molecular formula is C22H46N4OS. The first-order chi connectivity index (χ1) is 13.8. The van der Waals surface area contributed by atoms with Crippen LogP contribution in [0.2, 0.25) is 0 Å². The summed E-state index contributed by atoms with van der Waals surface area (Å²) in [4.78, 5) is 13.5. The van der Waals surface area contributed by atoms with Gasteiger partial charge in [-0.05, 0) is 19.4 Å². The van der Waals surface area contributed by atoms with Crippen LogP contribution in [0.1, 0.15) is 71.1 Å². The molecule has 1 saturated heterocycles. The van der Waals surface area contributed by atoms with Gasteiger partial charge >= 0.3 is 0 Å². The number of carbonyl (C=O) groups excluding carboxylic acids is 1. The summed E-state index contributed by atoms with van der Waals surface area (Å²) < 4.78 is 0. The molecule has 1 aliphatic heterocycles. The summed E-state index contributed by atoms with van der Waals surface area (Å²) in [5, 5.41) is 10.8. The molecule has 0 aromatic carbocycles. The summed E-state index contributed by atoms with van der Waals surface area (Å²) in [6.07, 6.45) is 13.5. The zero-order chi connectivity index (χ0) is 20.1. The maximum Gasteiger partial charge on any atom is 0.185 e. The van der Waals surface area contributed by atoms with Crippen LogP contribution >= 0.6 is 11.8 Å². The van der Waals surface area contributed by atoms with Crippen molar-refractivity contribution in [3.05, 3.63) is 0 Å². The third-order valence-corrected chi connectivity index (χ3v) is 6.24. The van der Waals surface area contributed by atoms with Gasteiger partial charge in [0.15, 0.2) is 5.12 Å². The standard InChI is InChI=1S/C22H46N4OS/c1-22(27)28-21-11-9-7-5-3-2-4-6-8-10-18-26-19-16-24-14-12-23-13-15-25-17-20-26/h23-25H,2-21H2,1H3. The topological polar surface area (TPSA) is 56.4 Å². The van der Waals surface area contributed by atoms with Gasteiger partial charge < -0.3 is 20.9 Å². The molecule has 1 aliphatic rings. The fourth-order valence-corrected chi connectivity index (χ4v) is 4.24. The van der Waals surface area contributed by atoms with E-state index >= 15 is 0 Å². The molecule has 0 saturated carbocycles. The van der Waals surface area contributed by atoms with Gasteiger partial charge in [-0.3, -0.25) is 4.79 Å². The molecule has 1 rings (SSSR count). The normalized spacial score (nSPS) is 17.8. The Bertz CT molecular complexity index is 345. The lowest BCUT2D eigenvalue weighted by Crippen LogP contribution is -2.42. The number of hydrogen-bond donors (Lipinski definition) is 3. The molecule has 0 amide bonds. The number of nitrogens with one attached hydrogen (secondary N) is 3. The third-order valence-electron chi connectivity index (χ3n) is 5.34. The van der Waals surface area contributed by atoms with E-state index in [1.54, 1.807) is 6.92 Å². The van der Waals surface area contributed by atoms with Crippen LogP contribution in [0.15, 0.2) is 0 Å². The van der Waals surface area contributed by atoms with Crippen molar-refractivity contribution >= 4 is 16.9 Å². The SMILES string of the molecule is CC(=O)SCCCCCCCCCCCCN1CCNCCNCCNCC1. The monoisotopic (exact) mass is 414 g/mol. The summed E-state index contributed by atoms with van der Waals surface area (Å²) in [6.45, 7) is 11.8. The van der Waals surface area contributed by atoms with Gasteiger partial charge in [0.05, 0.1) is 0 Å². The van der Waals surface area contributed by atoms with Crippen molar-refractivity contribution in [3.63, 3.8) is 0 Å². The Kier molecular flexibility index (Phi) is 18.6. The van der Waals surface area contributed by atoms with Gasteiger partial charge in [0.1, 0.15) is 0 Å². The molecule has 0 aromatic heterocycles. The number of thioether (sulfide) groups is 1. The van der Waals surface area contributed by atoms with E-state index in [1.807, 2.05) is 0 Å². The molecule has 0 aromatic rings. The van der Waals surface area contributed by atoms with E-state index in [1.165, 1.54) is 95.6 Å². The van der Waals surface area contributed by atoms with Crippen LogP contribution in [0, 0.1) is 0 Å². The van der Waals surface area contributed by atoms with Gasteiger partial charge in [0.2, 0.25) is 0 Å². The molecule has 1 fully saturated rings. The predicted octanol–water partition coefficient (Wildman–Crippen LogP) is 3.25. The Hall–Kier alpha value is -0.140. The lowest BCUT2D eigenvalue weighted by atomic mass is 10.1. The molecule has 0 unspecified atom stereocenters. The minimum Gasteiger partial charge on any atom is -0.314 e. The van der Waals surface area contributed by atoms with Gasteiger partial charge in [-0.25, -0.2) is 0 Å². The minimum atomic E-state index is 0.258. The van der Waals surface area contributed by atoms with E-state index in [2.05, 4.69) is 20.9 Å². The maximum atomic E-state index is 10.8. The Morgan fingerprint density at radius 1 is 0.679 bits per heavy atom. The highest BCUT2D eigenvalue weighted by molar-refractivity contribution is 8.13. The lowest BCUT2D eigenvalue weighted by molar-refractivity contribution is -0.109. The number of hydrogen-bond acceptors (Lipinski definition) is 6. The van der Waals surface area contributed by atoms with Crippen LogP contribution < -0.4 is 16.0 Å². The van der Waals surface area contributed by atoms with Crippen molar-refractivity contribution in [3.8, 4) is 0 Å². The molecule has 0 atom stereocenters. The Balaban J connectivity index is 1.88. The second-order valence-corrected chi connectivity index (χ2v) is 9.24. The van der Waals surface area contributed by atoms with Crippen molar-refractivity contribution < 1.29 is 4.79 Å². The Morgan fingerprint density at radius 3 is 1.61 bits per heavy atom. The third kappa shape index (κ3) is 17.9. The molecule has 166 valence electrons. The molecule has 1 heterocycles. The van der Waals surface area contributed by atoms with Gasteiger partial charge in [-0.15, -0.1) is 0 Å². The van der Waals surface area contributed by atoms with E-state index in [0.717, 1.165) is 45.0 Å². The van der Waals surface area contributed by atoms with E-state index in [9.17, 15) is 4.79 Å². The summed E-state index contributed by atoms with van der Waals surface area (Å²) in [5.41, 5.74) is 0. The minimum absolute atomic E-state index is 0.258. The molecule has 0 radical (unpaired) electrons. The smallest absolute Gasteiger partial charge is 0.185 e. The summed E-state index contributed by atoms with van der Waals surface area (Å²) >= 11 is 1.48. The summed E-state index contributed by atoms with van der Waals surface area (Å²) in [5.74, 6) is 1.01. The Labute approximate surface area is 178 Å². The highest BCUT2D eigenvalue weighted by Gasteiger charge is 2.05. The van der Waals surface area contributed by atoms with E-state index in [0.29, 0.717) is 0 Å². The zero-order valence-corrected chi connectivity index (χ0v) is 19.2. The zero-order valence-electron chi connectivity index (χ0n) is 18.4. The second-order valence-electron chi connectivity index (χ2n) is 7.97. The molecule has 5 nitrogen and oxygen atoms in total. The summed E-state index contributed by atoms with van der Waals surface area (Å²) in [6, 6.07) is 0. The van der Waals surface area contributed by atoms with Crippen molar-refractivity contribution in [1.29, 1.82) is 0 Å². The average Bonchev–Trinajstić information content (AvgIpc) is 2.67. The highest BCUT2D eigenvalue weighted by Crippen LogP contribution is 2.12. The molecule has 28 heavy (non-hydrogen) atoms. The predicted molar refractivity (Wildman–Crippen MR) is 124 cm³/mol. The fraction of sp³-hybridized carbons (Fsp3) is 0.955. The van der Waals surface area contributed by atoms with Crippen LogP contribution in [0.4, 0.5) is 0 Å². The van der Waals surface area contributed by atoms with Crippen molar-refractivity contribution in [2.75, 3.05) is 64.7 Å². The van der Waals surface area contributed by atoms with Crippen molar-refractivity contribution in [2.45, 2.75) is 71.1 Å². The lowest BCUT2D eigenvalue weighted by Gasteiger charge is -2.23. The largest absolute Gasteiger partial charge is 0.314 e.